The number of ether oxygens (including phenoxy) is 1. The van der Waals surface area contributed by atoms with E-state index in [0.717, 1.165) is 12.1 Å². The second-order valence-corrected chi connectivity index (χ2v) is 7.26. The minimum Gasteiger partial charge on any atom is -0.480 e. The Balaban J connectivity index is 3.61. The van der Waals surface area contributed by atoms with Gasteiger partial charge in [0.05, 0.1) is 22.0 Å². The minimum atomic E-state index is -4.36. The Hall–Kier alpha value is -2.53. The molecule has 0 unspecified atom stereocenters. The smallest absolute Gasteiger partial charge is 0.338 e. The molecule has 144 valence electrons. The van der Waals surface area contributed by atoms with Gasteiger partial charge in [-0.25, -0.2) is 13.2 Å². The molecule has 1 aromatic carbocycles. The van der Waals surface area contributed by atoms with Crippen LogP contribution in [-0.4, -0.2) is 54.4 Å². The Bertz CT molecular complexity index is 819. The van der Waals surface area contributed by atoms with Crippen molar-refractivity contribution in [1.82, 2.24) is 4.31 Å². The standard InChI is InChI=1S/C15H20N2O8S/c1-4-6-16(9-14(18)19)26(23,24)11-7-12(15(20)25-5-2)10(3)13(8-11)17(21)22/h7-8H,4-6,9H2,1-3H3,(H,18,19). The van der Waals surface area contributed by atoms with Crippen molar-refractivity contribution >= 4 is 27.6 Å². The number of nitro groups is 1. The number of rotatable bonds is 9. The molecular weight excluding hydrogens is 368 g/mol. The predicted molar refractivity (Wildman–Crippen MR) is 90.5 cm³/mol. The molecule has 11 heteroatoms. The van der Waals surface area contributed by atoms with Gasteiger partial charge in [-0.15, -0.1) is 0 Å². The highest BCUT2D eigenvalue weighted by molar-refractivity contribution is 7.89. The molecule has 0 atom stereocenters. The van der Waals surface area contributed by atoms with E-state index in [1.807, 2.05) is 0 Å². The zero-order valence-electron chi connectivity index (χ0n) is 14.6. The van der Waals surface area contributed by atoms with E-state index in [0.29, 0.717) is 10.7 Å². The summed E-state index contributed by atoms with van der Waals surface area (Å²) in [5.41, 5.74) is -0.861. The van der Waals surface area contributed by atoms with Crippen LogP contribution in [-0.2, 0) is 19.6 Å². The van der Waals surface area contributed by atoms with Gasteiger partial charge < -0.3 is 9.84 Å². The zero-order valence-corrected chi connectivity index (χ0v) is 15.4. The summed E-state index contributed by atoms with van der Waals surface area (Å²) >= 11 is 0. The maximum Gasteiger partial charge on any atom is 0.338 e. The third kappa shape index (κ3) is 4.76. The van der Waals surface area contributed by atoms with Gasteiger partial charge in [0.1, 0.15) is 6.54 Å². The number of esters is 1. The van der Waals surface area contributed by atoms with E-state index in [2.05, 4.69) is 0 Å². The van der Waals surface area contributed by atoms with E-state index in [9.17, 15) is 28.1 Å². The van der Waals surface area contributed by atoms with Crippen molar-refractivity contribution in [3.8, 4) is 0 Å². The fraction of sp³-hybridized carbons (Fsp3) is 0.467. The van der Waals surface area contributed by atoms with E-state index >= 15 is 0 Å². The molecule has 1 aromatic rings. The van der Waals surface area contributed by atoms with Gasteiger partial charge >= 0.3 is 11.9 Å². The van der Waals surface area contributed by atoms with Crippen LogP contribution in [0.5, 0.6) is 0 Å². The van der Waals surface area contributed by atoms with Crippen molar-refractivity contribution in [2.24, 2.45) is 0 Å². The van der Waals surface area contributed by atoms with Gasteiger partial charge in [0.2, 0.25) is 10.0 Å². The van der Waals surface area contributed by atoms with Gasteiger partial charge in [-0.3, -0.25) is 14.9 Å². The first-order chi connectivity index (χ1) is 12.1. The largest absolute Gasteiger partial charge is 0.480 e. The maximum atomic E-state index is 12.8. The van der Waals surface area contributed by atoms with Gasteiger partial charge in [0.15, 0.2) is 0 Å². The topological polar surface area (TPSA) is 144 Å². The molecule has 26 heavy (non-hydrogen) atoms. The first kappa shape index (κ1) is 21.5. The van der Waals surface area contributed by atoms with Crippen LogP contribution >= 0.6 is 0 Å². The van der Waals surface area contributed by atoms with Gasteiger partial charge in [-0.1, -0.05) is 6.92 Å². The lowest BCUT2D eigenvalue weighted by atomic mass is 10.1. The Labute approximate surface area is 150 Å². The van der Waals surface area contributed by atoms with Crippen LogP contribution in [0.1, 0.15) is 36.2 Å². The van der Waals surface area contributed by atoms with E-state index in [1.54, 1.807) is 6.92 Å². The molecule has 0 fully saturated rings. The number of benzene rings is 1. The van der Waals surface area contributed by atoms with Crippen LogP contribution < -0.4 is 0 Å². The monoisotopic (exact) mass is 388 g/mol. The fourth-order valence-corrected chi connectivity index (χ4v) is 3.79. The Kier molecular flexibility index (Phi) is 7.21. The third-order valence-electron chi connectivity index (χ3n) is 3.47. The molecule has 0 saturated carbocycles. The molecule has 0 spiro atoms. The summed E-state index contributed by atoms with van der Waals surface area (Å²) in [6.45, 7) is 3.62. The SMILES string of the molecule is CCCN(CC(=O)O)S(=O)(=O)c1cc(C(=O)OCC)c(C)c([N+](=O)[O-])c1. The first-order valence-corrected chi connectivity index (χ1v) is 9.18. The van der Waals surface area contributed by atoms with Crippen molar-refractivity contribution < 1.29 is 32.8 Å². The number of carboxylic acids is 1. The molecule has 10 nitrogen and oxygen atoms in total. The molecule has 0 bridgehead atoms. The van der Waals surface area contributed by atoms with Crippen LogP contribution in [0, 0.1) is 17.0 Å². The van der Waals surface area contributed by atoms with E-state index in [1.165, 1.54) is 13.8 Å². The maximum absolute atomic E-state index is 12.8. The minimum absolute atomic E-state index is 0.00399. The molecule has 0 aliphatic carbocycles. The summed E-state index contributed by atoms with van der Waals surface area (Å²) < 4.78 is 31.0. The quantitative estimate of drug-likeness (QED) is 0.381. The van der Waals surface area contributed by atoms with Crippen LogP contribution in [0.2, 0.25) is 0 Å². The normalized spacial score (nSPS) is 11.4. The fourth-order valence-electron chi connectivity index (χ4n) is 2.27. The number of carbonyl (C=O) groups is 2. The summed E-state index contributed by atoms with van der Waals surface area (Å²) in [5, 5.41) is 20.2. The summed E-state index contributed by atoms with van der Waals surface area (Å²) in [5.74, 6) is -2.26. The lowest BCUT2D eigenvalue weighted by Gasteiger charge is -2.20. The van der Waals surface area contributed by atoms with Crippen molar-refractivity contribution in [2.75, 3.05) is 19.7 Å². The number of carbonyl (C=O) groups excluding carboxylic acids is 1. The molecule has 0 aromatic heterocycles. The lowest BCUT2D eigenvalue weighted by molar-refractivity contribution is -0.385. The lowest BCUT2D eigenvalue weighted by Crippen LogP contribution is -2.36. The Morgan fingerprint density at radius 2 is 1.92 bits per heavy atom. The summed E-state index contributed by atoms with van der Waals surface area (Å²) in [6.07, 6.45) is 0.338. The molecule has 1 rings (SSSR count). The van der Waals surface area contributed by atoms with Gasteiger partial charge in [-0.2, -0.15) is 4.31 Å². The third-order valence-corrected chi connectivity index (χ3v) is 5.29. The molecule has 0 heterocycles. The Morgan fingerprint density at radius 1 is 1.31 bits per heavy atom. The van der Waals surface area contributed by atoms with Gasteiger partial charge in [0.25, 0.3) is 5.69 Å². The van der Waals surface area contributed by atoms with Crippen molar-refractivity contribution in [3.63, 3.8) is 0 Å². The van der Waals surface area contributed by atoms with Gasteiger partial charge in [-0.05, 0) is 26.3 Å². The second kappa shape index (κ2) is 8.72. The zero-order chi connectivity index (χ0) is 20.1. The van der Waals surface area contributed by atoms with Crippen LogP contribution in [0.25, 0.3) is 0 Å². The van der Waals surface area contributed by atoms with E-state index in [-0.39, 0.29) is 24.3 Å². The molecule has 0 radical (unpaired) electrons. The molecule has 1 N–H and O–H groups in total. The van der Waals surface area contributed by atoms with Crippen molar-refractivity contribution in [3.05, 3.63) is 33.4 Å². The number of sulfonamides is 1. The highest BCUT2D eigenvalue weighted by atomic mass is 32.2. The number of aliphatic carboxylic acids is 1. The first-order valence-electron chi connectivity index (χ1n) is 7.74. The number of carboxylic acid groups (broad SMARTS) is 1. The number of nitrogens with zero attached hydrogens (tertiary/aromatic N) is 2. The Morgan fingerprint density at radius 3 is 2.38 bits per heavy atom. The highest BCUT2D eigenvalue weighted by Crippen LogP contribution is 2.28. The van der Waals surface area contributed by atoms with Crippen LogP contribution in [0.4, 0.5) is 5.69 Å². The van der Waals surface area contributed by atoms with E-state index in [4.69, 9.17) is 9.84 Å². The summed E-state index contributed by atoms with van der Waals surface area (Å²) in [7, 11) is -4.36. The molecular formula is C15H20N2O8S. The van der Waals surface area contributed by atoms with Gasteiger partial charge in [0, 0.05) is 18.2 Å². The number of hydrogen-bond acceptors (Lipinski definition) is 7. The molecule has 0 amide bonds. The second-order valence-electron chi connectivity index (χ2n) is 5.32. The average molecular weight is 388 g/mol. The molecule has 0 saturated heterocycles. The number of nitro benzene ring substituents is 1. The average Bonchev–Trinajstić information content (AvgIpc) is 2.53. The van der Waals surface area contributed by atoms with Crippen LogP contribution in [0.3, 0.4) is 0 Å². The highest BCUT2D eigenvalue weighted by Gasteiger charge is 2.31. The molecule has 0 aliphatic rings. The van der Waals surface area contributed by atoms with Crippen molar-refractivity contribution in [2.45, 2.75) is 32.1 Å². The summed E-state index contributed by atoms with van der Waals surface area (Å²) in [4.78, 5) is 32.9. The van der Waals surface area contributed by atoms with E-state index < -0.39 is 44.0 Å². The van der Waals surface area contributed by atoms with Crippen LogP contribution in [0.15, 0.2) is 17.0 Å². The predicted octanol–water partition coefficient (Wildman–Crippen LogP) is 1.57. The number of hydrogen-bond donors (Lipinski definition) is 1. The van der Waals surface area contributed by atoms with Crippen molar-refractivity contribution in [1.29, 1.82) is 0 Å². The molecule has 0 aliphatic heterocycles. The summed E-state index contributed by atoms with van der Waals surface area (Å²) in [6, 6.07) is 1.79.